The summed E-state index contributed by atoms with van der Waals surface area (Å²) in [5, 5.41) is 16.2. The molecule has 3 heterocycles. The van der Waals surface area contributed by atoms with E-state index >= 15 is 0 Å². The third kappa shape index (κ3) is 2.14. The van der Waals surface area contributed by atoms with Crippen LogP contribution in [0, 0.1) is 5.82 Å². The van der Waals surface area contributed by atoms with Crippen molar-refractivity contribution in [2.75, 3.05) is 5.32 Å². The number of anilines is 1. The predicted molar refractivity (Wildman–Crippen MR) is 103 cm³/mol. The van der Waals surface area contributed by atoms with Crippen LogP contribution in [-0.2, 0) is 12.5 Å². The van der Waals surface area contributed by atoms with Crippen LogP contribution in [0.5, 0.6) is 0 Å². The van der Waals surface area contributed by atoms with Crippen LogP contribution in [-0.4, -0.2) is 25.0 Å². The van der Waals surface area contributed by atoms with Gasteiger partial charge in [0.05, 0.1) is 22.5 Å². The third-order valence-electron chi connectivity index (χ3n) is 5.56. The maximum absolute atomic E-state index is 13.6. The molecule has 0 amide bonds. The van der Waals surface area contributed by atoms with Gasteiger partial charge in [0.2, 0.25) is 0 Å². The van der Waals surface area contributed by atoms with E-state index in [4.69, 9.17) is 0 Å². The van der Waals surface area contributed by atoms with E-state index in [0.717, 1.165) is 16.6 Å². The lowest BCUT2D eigenvalue weighted by molar-refractivity contribution is 0.417. The Balaban J connectivity index is 1.87. The number of rotatable bonds is 2. The Labute approximate surface area is 159 Å². The molecule has 2 N–H and O–H groups in total. The van der Waals surface area contributed by atoms with Gasteiger partial charge in [-0.05, 0) is 36.8 Å². The highest BCUT2D eigenvalue weighted by molar-refractivity contribution is 5.97. The highest BCUT2D eigenvalue weighted by Crippen LogP contribution is 2.49. The first-order chi connectivity index (χ1) is 13.5. The molecule has 0 spiro atoms. The molecule has 5 rings (SSSR count). The molecule has 0 bridgehead atoms. The summed E-state index contributed by atoms with van der Waals surface area (Å²) in [4.78, 5) is 16.8. The molecule has 8 heteroatoms. The summed E-state index contributed by atoms with van der Waals surface area (Å²) in [5.74, 6) is 0.384. The van der Waals surface area contributed by atoms with Crippen molar-refractivity contribution in [2.24, 2.45) is 7.05 Å². The largest absolute Gasteiger partial charge is 0.376 e. The lowest BCUT2D eigenvalue weighted by atomic mass is 9.71. The summed E-state index contributed by atoms with van der Waals surface area (Å²) in [7, 11) is 1.82. The minimum Gasteiger partial charge on any atom is -0.376 e. The molecule has 2 unspecified atom stereocenters. The SMILES string of the molecule is Cn1ncnc1C1(C)c2n[nH]c(=O)c3cccc(c23)NC1c1ccc(F)cc1. The zero-order valence-corrected chi connectivity index (χ0v) is 15.3. The highest BCUT2D eigenvalue weighted by Gasteiger charge is 2.48. The van der Waals surface area contributed by atoms with Crippen molar-refractivity contribution in [2.45, 2.75) is 18.4 Å². The van der Waals surface area contributed by atoms with E-state index in [0.29, 0.717) is 16.9 Å². The molecule has 2 aromatic carbocycles. The van der Waals surface area contributed by atoms with E-state index in [2.05, 4.69) is 25.6 Å². The van der Waals surface area contributed by atoms with Crippen LogP contribution in [0.4, 0.5) is 10.1 Å². The summed E-state index contributed by atoms with van der Waals surface area (Å²) in [6, 6.07) is 11.6. The van der Waals surface area contributed by atoms with Crippen LogP contribution in [0.25, 0.3) is 10.8 Å². The van der Waals surface area contributed by atoms with Crippen LogP contribution >= 0.6 is 0 Å². The fourth-order valence-corrected chi connectivity index (χ4v) is 4.23. The minimum atomic E-state index is -0.764. The molecule has 2 aromatic heterocycles. The summed E-state index contributed by atoms with van der Waals surface area (Å²) in [6.07, 6.45) is 1.49. The molecule has 2 atom stereocenters. The average Bonchev–Trinajstić information content (AvgIpc) is 3.13. The molecular weight excluding hydrogens is 359 g/mol. The lowest BCUT2D eigenvalue weighted by Crippen LogP contribution is -2.43. The maximum atomic E-state index is 13.6. The molecule has 28 heavy (non-hydrogen) atoms. The number of aryl methyl sites for hydroxylation is 1. The van der Waals surface area contributed by atoms with Crippen molar-refractivity contribution in [3.05, 3.63) is 82.0 Å². The maximum Gasteiger partial charge on any atom is 0.272 e. The molecule has 0 aliphatic carbocycles. The van der Waals surface area contributed by atoms with Gasteiger partial charge in [-0.3, -0.25) is 9.48 Å². The Bertz CT molecular complexity index is 1260. The molecule has 0 radical (unpaired) electrons. The molecule has 7 nitrogen and oxygen atoms in total. The summed E-state index contributed by atoms with van der Waals surface area (Å²) in [5.41, 5.74) is 1.37. The van der Waals surface area contributed by atoms with Crippen molar-refractivity contribution in [1.82, 2.24) is 25.0 Å². The Morgan fingerprint density at radius 2 is 1.96 bits per heavy atom. The molecule has 1 aliphatic rings. The predicted octanol–water partition coefficient (Wildman–Crippen LogP) is 2.66. The first kappa shape index (κ1) is 16.6. The first-order valence-corrected chi connectivity index (χ1v) is 8.88. The fraction of sp³-hybridized carbons (Fsp3) is 0.200. The molecule has 4 aromatic rings. The van der Waals surface area contributed by atoms with Crippen molar-refractivity contribution < 1.29 is 4.39 Å². The molecule has 0 saturated heterocycles. The van der Waals surface area contributed by atoms with Gasteiger partial charge in [0.15, 0.2) is 0 Å². The van der Waals surface area contributed by atoms with Gasteiger partial charge in [0.25, 0.3) is 5.56 Å². The molecule has 140 valence electrons. The second-order valence-electron chi connectivity index (χ2n) is 7.17. The summed E-state index contributed by atoms with van der Waals surface area (Å²) in [6.45, 7) is 2.01. The number of nitrogens with one attached hydrogen (secondary N) is 2. The zero-order valence-electron chi connectivity index (χ0n) is 15.3. The van der Waals surface area contributed by atoms with Crippen molar-refractivity contribution in [3.8, 4) is 0 Å². The minimum absolute atomic E-state index is 0.247. The number of aromatic nitrogens is 5. The first-order valence-electron chi connectivity index (χ1n) is 8.88. The Kier molecular flexibility index (Phi) is 3.39. The number of aromatic amines is 1. The number of hydrogen-bond donors (Lipinski definition) is 2. The summed E-state index contributed by atoms with van der Waals surface area (Å²) < 4.78 is 15.3. The molecule has 0 fully saturated rings. The van der Waals surface area contributed by atoms with Gasteiger partial charge in [-0.2, -0.15) is 10.2 Å². The average molecular weight is 376 g/mol. The van der Waals surface area contributed by atoms with Gasteiger partial charge in [-0.1, -0.05) is 18.2 Å². The fourth-order valence-electron chi connectivity index (χ4n) is 4.23. The topological polar surface area (TPSA) is 88.5 Å². The number of benzene rings is 2. The second kappa shape index (κ2) is 5.72. The Morgan fingerprint density at radius 3 is 2.68 bits per heavy atom. The molecule has 1 aliphatic heterocycles. The van der Waals surface area contributed by atoms with Crippen molar-refractivity contribution >= 4 is 16.5 Å². The number of H-pyrrole nitrogens is 1. The van der Waals surface area contributed by atoms with Crippen molar-refractivity contribution in [3.63, 3.8) is 0 Å². The number of nitrogens with zero attached hydrogens (tertiary/aromatic N) is 4. The highest BCUT2D eigenvalue weighted by atomic mass is 19.1. The van der Waals surface area contributed by atoms with E-state index < -0.39 is 5.41 Å². The van der Waals surface area contributed by atoms with E-state index in [9.17, 15) is 9.18 Å². The summed E-state index contributed by atoms with van der Waals surface area (Å²) >= 11 is 0. The van der Waals surface area contributed by atoms with Crippen LogP contribution in [0.2, 0.25) is 0 Å². The van der Waals surface area contributed by atoms with Gasteiger partial charge in [-0.15, -0.1) is 0 Å². The normalized spacial score (nSPS) is 20.9. The van der Waals surface area contributed by atoms with Crippen LogP contribution in [0.3, 0.4) is 0 Å². The van der Waals surface area contributed by atoms with Gasteiger partial charge in [0.1, 0.15) is 18.0 Å². The smallest absolute Gasteiger partial charge is 0.272 e. The van der Waals surface area contributed by atoms with Gasteiger partial charge in [-0.25, -0.2) is 14.5 Å². The monoisotopic (exact) mass is 376 g/mol. The molecular formula is C20H17FN6O. The van der Waals surface area contributed by atoms with Crippen LogP contribution in [0.15, 0.2) is 53.6 Å². The van der Waals surface area contributed by atoms with Gasteiger partial charge >= 0.3 is 0 Å². The lowest BCUT2D eigenvalue weighted by Gasteiger charge is -2.41. The van der Waals surface area contributed by atoms with Crippen LogP contribution < -0.4 is 10.9 Å². The Morgan fingerprint density at radius 1 is 1.18 bits per heavy atom. The van der Waals surface area contributed by atoms with Crippen LogP contribution in [0.1, 0.15) is 30.0 Å². The number of hydrogen-bond acceptors (Lipinski definition) is 5. The standard InChI is InChI=1S/C20H17FN6O/c1-20(19-22-10-23-27(19)2)16(11-6-8-12(21)9-7-11)24-14-5-3-4-13-15(14)17(20)25-26-18(13)28/h3-10,16,24H,1-2H3,(H,26,28). The van der Waals surface area contributed by atoms with Gasteiger partial charge < -0.3 is 5.32 Å². The van der Waals surface area contributed by atoms with Crippen molar-refractivity contribution in [1.29, 1.82) is 0 Å². The van der Waals surface area contributed by atoms with Gasteiger partial charge in [0, 0.05) is 18.1 Å². The number of halogens is 1. The van der Waals surface area contributed by atoms with E-state index in [-0.39, 0.29) is 17.4 Å². The van der Waals surface area contributed by atoms with E-state index in [1.165, 1.54) is 18.5 Å². The third-order valence-corrected chi connectivity index (χ3v) is 5.56. The Hall–Kier alpha value is -3.55. The zero-order chi connectivity index (χ0) is 19.5. The second-order valence-corrected chi connectivity index (χ2v) is 7.17. The quantitative estimate of drug-likeness (QED) is 0.562. The van der Waals surface area contributed by atoms with E-state index in [1.54, 1.807) is 22.9 Å². The molecule has 0 saturated carbocycles. The van der Waals surface area contributed by atoms with E-state index in [1.807, 2.05) is 26.1 Å².